The lowest BCUT2D eigenvalue weighted by Gasteiger charge is -2.28. The average molecular weight is 290 g/mol. The van der Waals surface area contributed by atoms with Crippen molar-refractivity contribution in [3.05, 3.63) is 35.9 Å². The monoisotopic (exact) mass is 290 g/mol. The zero-order valence-electron chi connectivity index (χ0n) is 13.3. The van der Waals surface area contributed by atoms with E-state index in [0.29, 0.717) is 19.5 Å². The van der Waals surface area contributed by atoms with Crippen LogP contribution < -0.4 is 5.32 Å². The highest BCUT2D eigenvalue weighted by Gasteiger charge is 2.18. The molecular formula is C17H26N2O2. The molecule has 0 aliphatic rings. The van der Waals surface area contributed by atoms with Crippen molar-refractivity contribution in [1.82, 2.24) is 10.2 Å². The minimum Gasteiger partial charge on any atom is -0.356 e. The van der Waals surface area contributed by atoms with Crippen molar-refractivity contribution in [1.29, 1.82) is 0 Å². The number of unbranched alkanes of at least 4 members (excludes halogenated alkanes) is 1. The number of rotatable bonds is 8. The minimum absolute atomic E-state index is 0.00675. The van der Waals surface area contributed by atoms with E-state index in [0.717, 1.165) is 18.4 Å². The van der Waals surface area contributed by atoms with Gasteiger partial charge in [0.15, 0.2) is 0 Å². The second kappa shape index (κ2) is 9.16. The molecule has 0 aliphatic carbocycles. The van der Waals surface area contributed by atoms with Crippen molar-refractivity contribution in [2.75, 3.05) is 13.1 Å². The molecule has 0 aliphatic heterocycles. The lowest BCUT2D eigenvalue weighted by Crippen LogP contribution is -2.35. The second-order valence-electron chi connectivity index (χ2n) is 5.25. The molecule has 1 rings (SSSR count). The van der Waals surface area contributed by atoms with Gasteiger partial charge in [0, 0.05) is 26.4 Å². The van der Waals surface area contributed by atoms with Crippen LogP contribution in [0, 0.1) is 0 Å². The highest BCUT2D eigenvalue weighted by molar-refractivity contribution is 5.78. The summed E-state index contributed by atoms with van der Waals surface area (Å²) in [6, 6.07) is 9.86. The normalized spacial score (nSPS) is 11.8. The molecule has 0 radical (unpaired) electrons. The number of amides is 2. The van der Waals surface area contributed by atoms with Gasteiger partial charge in [-0.05, 0) is 18.9 Å². The zero-order valence-corrected chi connectivity index (χ0v) is 13.3. The molecule has 0 saturated heterocycles. The summed E-state index contributed by atoms with van der Waals surface area (Å²) in [5, 5.41) is 2.88. The summed E-state index contributed by atoms with van der Waals surface area (Å²) >= 11 is 0. The quantitative estimate of drug-likeness (QED) is 0.748. The molecule has 1 unspecified atom stereocenters. The number of carbonyl (C=O) groups excluding carboxylic acids is 2. The smallest absolute Gasteiger partial charge is 0.221 e. The third kappa shape index (κ3) is 5.98. The van der Waals surface area contributed by atoms with E-state index in [1.165, 1.54) is 0 Å². The summed E-state index contributed by atoms with van der Waals surface area (Å²) in [5.74, 6) is 0.00247. The average Bonchev–Trinajstić information content (AvgIpc) is 2.48. The van der Waals surface area contributed by atoms with Crippen LogP contribution in [0.4, 0.5) is 0 Å². The van der Waals surface area contributed by atoms with Gasteiger partial charge >= 0.3 is 0 Å². The Morgan fingerprint density at radius 3 is 2.48 bits per heavy atom. The highest BCUT2D eigenvalue weighted by atomic mass is 16.2. The van der Waals surface area contributed by atoms with E-state index in [4.69, 9.17) is 0 Å². The Balaban J connectivity index is 2.54. The van der Waals surface area contributed by atoms with Crippen molar-refractivity contribution in [2.45, 2.75) is 46.1 Å². The standard InChI is InChI=1S/C17H26N2O2/c1-4-5-12-18-17(21)11-13-19(15(3)20)14(2)16-9-7-6-8-10-16/h6-10,14H,4-5,11-13H2,1-3H3,(H,18,21). The largest absolute Gasteiger partial charge is 0.356 e. The lowest BCUT2D eigenvalue weighted by molar-refractivity contribution is -0.131. The molecule has 0 heterocycles. The molecule has 0 saturated carbocycles. The van der Waals surface area contributed by atoms with Gasteiger partial charge in [-0.15, -0.1) is 0 Å². The van der Waals surface area contributed by atoms with Crippen LogP contribution in [-0.4, -0.2) is 29.8 Å². The van der Waals surface area contributed by atoms with E-state index < -0.39 is 0 Å². The van der Waals surface area contributed by atoms with Gasteiger partial charge < -0.3 is 10.2 Å². The molecule has 1 aromatic rings. The van der Waals surface area contributed by atoms with Crippen molar-refractivity contribution in [2.24, 2.45) is 0 Å². The number of hydrogen-bond acceptors (Lipinski definition) is 2. The van der Waals surface area contributed by atoms with Crippen LogP contribution in [0.5, 0.6) is 0 Å². The summed E-state index contributed by atoms with van der Waals surface area (Å²) in [6.45, 7) is 6.79. The molecule has 1 N–H and O–H groups in total. The Bertz CT molecular complexity index is 445. The summed E-state index contributed by atoms with van der Waals surface area (Å²) < 4.78 is 0. The van der Waals surface area contributed by atoms with Crippen molar-refractivity contribution >= 4 is 11.8 Å². The fourth-order valence-electron chi connectivity index (χ4n) is 2.25. The van der Waals surface area contributed by atoms with E-state index >= 15 is 0 Å². The Hall–Kier alpha value is -1.84. The predicted octanol–water partition coefficient (Wildman–Crippen LogP) is 2.90. The number of hydrogen-bond donors (Lipinski definition) is 1. The first-order chi connectivity index (χ1) is 10.1. The van der Waals surface area contributed by atoms with Gasteiger partial charge in [0.05, 0.1) is 6.04 Å². The van der Waals surface area contributed by atoms with Crippen LogP contribution in [0.25, 0.3) is 0 Å². The van der Waals surface area contributed by atoms with Gasteiger partial charge in [-0.2, -0.15) is 0 Å². The predicted molar refractivity (Wildman–Crippen MR) is 84.8 cm³/mol. The number of nitrogens with one attached hydrogen (secondary N) is 1. The molecule has 0 bridgehead atoms. The molecule has 116 valence electrons. The van der Waals surface area contributed by atoms with Gasteiger partial charge in [-0.1, -0.05) is 43.7 Å². The topological polar surface area (TPSA) is 49.4 Å². The molecule has 0 fully saturated rings. The Kier molecular flexibility index (Phi) is 7.51. The first kappa shape index (κ1) is 17.2. The first-order valence-electron chi connectivity index (χ1n) is 7.65. The van der Waals surface area contributed by atoms with Crippen molar-refractivity contribution < 1.29 is 9.59 Å². The summed E-state index contributed by atoms with van der Waals surface area (Å²) in [6.07, 6.45) is 2.40. The molecule has 1 aromatic carbocycles. The summed E-state index contributed by atoms with van der Waals surface area (Å²) in [4.78, 5) is 25.3. The SMILES string of the molecule is CCCCNC(=O)CCN(C(C)=O)C(C)c1ccccc1. The van der Waals surface area contributed by atoms with E-state index in [9.17, 15) is 9.59 Å². The molecule has 4 nitrogen and oxygen atoms in total. The maximum atomic E-state index is 11.8. The molecule has 0 aromatic heterocycles. The van der Waals surface area contributed by atoms with E-state index in [2.05, 4.69) is 12.2 Å². The number of benzene rings is 1. The van der Waals surface area contributed by atoms with Gasteiger partial charge in [-0.25, -0.2) is 0 Å². The van der Waals surface area contributed by atoms with Crippen LogP contribution in [0.15, 0.2) is 30.3 Å². The van der Waals surface area contributed by atoms with Crippen LogP contribution in [0.3, 0.4) is 0 Å². The van der Waals surface area contributed by atoms with Crippen LogP contribution >= 0.6 is 0 Å². The van der Waals surface area contributed by atoms with Crippen molar-refractivity contribution in [3.63, 3.8) is 0 Å². The van der Waals surface area contributed by atoms with E-state index in [1.807, 2.05) is 37.3 Å². The Labute approximate surface area is 127 Å². The van der Waals surface area contributed by atoms with Crippen LogP contribution in [-0.2, 0) is 9.59 Å². The fraction of sp³-hybridized carbons (Fsp3) is 0.529. The Morgan fingerprint density at radius 2 is 1.90 bits per heavy atom. The number of carbonyl (C=O) groups is 2. The van der Waals surface area contributed by atoms with Gasteiger partial charge in [-0.3, -0.25) is 9.59 Å². The van der Waals surface area contributed by atoms with E-state index in [1.54, 1.807) is 11.8 Å². The van der Waals surface area contributed by atoms with Crippen LogP contribution in [0.1, 0.15) is 51.6 Å². The number of nitrogens with zero attached hydrogens (tertiary/aromatic N) is 1. The summed E-state index contributed by atoms with van der Waals surface area (Å²) in [7, 11) is 0. The Morgan fingerprint density at radius 1 is 1.24 bits per heavy atom. The molecule has 1 atom stereocenters. The third-order valence-electron chi connectivity index (χ3n) is 3.59. The van der Waals surface area contributed by atoms with Gasteiger partial charge in [0.1, 0.15) is 0 Å². The fourth-order valence-corrected chi connectivity index (χ4v) is 2.25. The molecule has 4 heteroatoms. The van der Waals surface area contributed by atoms with Gasteiger partial charge in [0.25, 0.3) is 0 Å². The molecule has 21 heavy (non-hydrogen) atoms. The zero-order chi connectivity index (χ0) is 15.7. The molecule has 2 amide bonds. The van der Waals surface area contributed by atoms with E-state index in [-0.39, 0.29) is 17.9 Å². The second-order valence-corrected chi connectivity index (χ2v) is 5.25. The maximum Gasteiger partial charge on any atom is 0.221 e. The van der Waals surface area contributed by atoms with Crippen molar-refractivity contribution in [3.8, 4) is 0 Å². The van der Waals surface area contributed by atoms with Crippen LogP contribution in [0.2, 0.25) is 0 Å². The summed E-state index contributed by atoms with van der Waals surface area (Å²) in [5.41, 5.74) is 1.08. The highest BCUT2D eigenvalue weighted by Crippen LogP contribution is 2.20. The first-order valence-corrected chi connectivity index (χ1v) is 7.65. The third-order valence-corrected chi connectivity index (χ3v) is 3.59. The van der Waals surface area contributed by atoms with Gasteiger partial charge in [0.2, 0.25) is 11.8 Å². The minimum atomic E-state index is -0.0212. The lowest BCUT2D eigenvalue weighted by atomic mass is 10.1. The molecular weight excluding hydrogens is 264 g/mol. The maximum absolute atomic E-state index is 11.8. The molecule has 0 spiro atoms.